The van der Waals surface area contributed by atoms with Crippen molar-refractivity contribution >= 4 is 12.0 Å². The first-order chi connectivity index (χ1) is 7.29. The van der Waals surface area contributed by atoms with Gasteiger partial charge in [0.2, 0.25) is 5.91 Å². The Morgan fingerprint density at radius 3 is 2.56 bits per heavy atom. The van der Waals surface area contributed by atoms with E-state index in [9.17, 15) is 9.59 Å². The first-order valence-electron chi connectivity index (χ1n) is 4.97. The maximum atomic E-state index is 11.7. The van der Waals surface area contributed by atoms with Crippen molar-refractivity contribution in [2.24, 2.45) is 5.73 Å². The van der Waals surface area contributed by atoms with Crippen molar-refractivity contribution in [2.75, 3.05) is 0 Å². The average Bonchev–Trinajstić information content (AvgIpc) is 2.47. The Kier molecular flexibility index (Phi) is 3.37. The molecule has 1 aromatic heterocycles. The Balaban J connectivity index is 2.84. The highest BCUT2D eigenvalue weighted by atomic mass is 16.6. The molecule has 0 aromatic carbocycles. The van der Waals surface area contributed by atoms with Crippen LogP contribution >= 0.6 is 0 Å². The smallest absolute Gasteiger partial charge is 0.418 e. The number of amides is 1. The van der Waals surface area contributed by atoms with Gasteiger partial charge in [0.15, 0.2) is 0 Å². The molecular formula is C11H16N2O3. The van der Waals surface area contributed by atoms with E-state index in [0.717, 1.165) is 0 Å². The van der Waals surface area contributed by atoms with Gasteiger partial charge in [0.1, 0.15) is 5.60 Å². The quantitative estimate of drug-likeness (QED) is 0.822. The highest BCUT2D eigenvalue weighted by molar-refractivity contribution is 5.79. The van der Waals surface area contributed by atoms with E-state index in [1.807, 2.05) is 0 Å². The van der Waals surface area contributed by atoms with Crippen molar-refractivity contribution in [1.82, 2.24) is 4.57 Å². The number of carbonyl (C=O) groups excluding carboxylic acids is 2. The SMILES string of the molecule is CC(C)(C)OC(=O)n1cccc1CC(N)=O. The van der Waals surface area contributed by atoms with Crippen LogP contribution in [0.5, 0.6) is 0 Å². The van der Waals surface area contributed by atoms with Crippen molar-refractivity contribution in [3.63, 3.8) is 0 Å². The minimum Gasteiger partial charge on any atom is -0.443 e. The molecule has 1 heterocycles. The van der Waals surface area contributed by atoms with Crippen LogP contribution < -0.4 is 5.73 Å². The van der Waals surface area contributed by atoms with Gasteiger partial charge >= 0.3 is 6.09 Å². The monoisotopic (exact) mass is 224 g/mol. The van der Waals surface area contributed by atoms with Crippen LogP contribution in [0.2, 0.25) is 0 Å². The highest BCUT2D eigenvalue weighted by Gasteiger charge is 2.19. The molecule has 88 valence electrons. The summed E-state index contributed by atoms with van der Waals surface area (Å²) >= 11 is 0. The predicted molar refractivity (Wildman–Crippen MR) is 59.0 cm³/mol. The molecule has 1 amide bonds. The van der Waals surface area contributed by atoms with Crippen LogP contribution in [0.3, 0.4) is 0 Å². The van der Waals surface area contributed by atoms with E-state index >= 15 is 0 Å². The van der Waals surface area contributed by atoms with Crippen LogP contribution in [-0.4, -0.2) is 22.2 Å². The molecule has 2 N–H and O–H groups in total. The van der Waals surface area contributed by atoms with Crippen LogP contribution in [0.4, 0.5) is 4.79 Å². The molecule has 0 saturated carbocycles. The number of aromatic nitrogens is 1. The lowest BCUT2D eigenvalue weighted by Gasteiger charge is -2.20. The fourth-order valence-electron chi connectivity index (χ4n) is 1.23. The fourth-order valence-corrected chi connectivity index (χ4v) is 1.23. The molecule has 5 nitrogen and oxygen atoms in total. The topological polar surface area (TPSA) is 74.3 Å². The molecule has 16 heavy (non-hydrogen) atoms. The Bertz CT molecular complexity index is 402. The van der Waals surface area contributed by atoms with Gasteiger partial charge < -0.3 is 10.5 Å². The van der Waals surface area contributed by atoms with Crippen molar-refractivity contribution in [1.29, 1.82) is 0 Å². The van der Waals surface area contributed by atoms with Gasteiger partial charge in [0.05, 0.1) is 6.42 Å². The molecule has 0 fully saturated rings. The number of carbonyl (C=O) groups is 2. The summed E-state index contributed by atoms with van der Waals surface area (Å²) < 4.78 is 6.46. The fraction of sp³-hybridized carbons (Fsp3) is 0.455. The number of nitrogens with two attached hydrogens (primary N) is 1. The van der Waals surface area contributed by atoms with E-state index in [2.05, 4.69) is 0 Å². The van der Waals surface area contributed by atoms with E-state index in [0.29, 0.717) is 5.69 Å². The molecule has 0 aliphatic rings. The molecule has 1 aromatic rings. The summed E-state index contributed by atoms with van der Waals surface area (Å²) in [6.45, 7) is 5.34. The minimum absolute atomic E-state index is 0.0201. The van der Waals surface area contributed by atoms with Crippen molar-refractivity contribution in [3.05, 3.63) is 24.0 Å². The molecule has 1 rings (SSSR count). The third kappa shape index (κ3) is 3.42. The average molecular weight is 224 g/mol. The lowest BCUT2D eigenvalue weighted by molar-refractivity contribution is -0.117. The van der Waals surface area contributed by atoms with Crippen molar-refractivity contribution in [3.8, 4) is 0 Å². The largest absolute Gasteiger partial charge is 0.443 e. The Morgan fingerprint density at radius 2 is 2.06 bits per heavy atom. The molecule has 5 heteroatoms. The summed E-state index contributed by atoms with van der Waals surface area (Å²) in [5.74, 6) is -0.483. The third-order valence-corrected chi connectivity index (χ3v) is 1.78. The lowest BCUT2D eigenvalue weighted by Crippen LogP contribution is -2.28. The zero-order valence-corrected chi connectivity index (χ0v) is 9.69. The van der Waals surface area contributed by atoms with Gasteiger partial charge in [-0.2, -0.15) is 0 Å². The van der Waals surface area contributed by atoms with E-state index in [-0.39, 0.29) is 6.42 Å². The standard InChI is InChI=1S/C11H16N2O3/c1-11(2,3)16-10(15)13-6-4-5-8(13)7-9(12)14/h4-6H,7H2,1-3H3,(H2,12,14). The number of hydrogen-bond donors (Lipinski definition) is 1. The predicted octanol–water partition coefficient (Wildman–Crippen LogP) is 1.30. The van der Waals surface area contributed by atoms with Crippen molar-refractivity contribution in [2.45, 2.75) is 32.8 Å². The summed E-state index contributed by atoms with van der Waals surface area (Å²) in [7, 11) is 0. The number of ether oxygens (including phenoxy) is 1. The van der Waals surface area contributed by atoms with Gasteiger partial charge in [-0.05, 0) is 32.9 Å². The number of hydrogen-bond acceptors (Lipinski definition) is 3. The number of rotatable bonds is 2. The number of primary amides is 1. The van der Waals surface area contributed by atoms with E-state index in [1.54, 1.807) is 39.1 Å². The molecule has 0 radical (unpaired) electrons. The second kappa shape index (κ2) is 4.38. The summed E-state index contributed by atoms with van der Waals surface area (Å²) in [6.07, 6.45) is 1.06. The summed E-state index contributed by atoms with van der Waals surface area (Å²) in [6, 6.07) is 3.33. The summed E-state index contributed by atoms with van der Waals surface area (Å²) in [5.41, 5.74) is 5.04. The van der Waals surface area contributed by atoms with Crippen LogP contribution in [0, 0.1) is 0 Å². The normalized spacial score (nSPS) is 11.2. The van der Waals surface area contributed by atoms with E-state index in [1.165, 1.54) is 4.57 Å². The summed E-state index contributed by atoms with van der Waals surface area (Å²) in [5, 5.41) is 0. The summed E-state index contributed by atoms with van der Waals surface area (Å²) in [4.78, 5) is 22.5. The van der Waals surface area contributed by atoms with Crippen LogP contribution in [0.15, 0.2) is 18.3 Å². The maximum Gasteiger partial charge on any atom is 0.418 e. The zero-order chi connectivity index (χ0) is 12.3. The van der Waals surface area contributed by atoms with E-state index < -0.39 is 17.6 Å². The van der Waals surface area contributed by atoms with Crippen LogP contribution in [-0.2, 0) is 16.0 Å². The first-order valence-corrected chi connectivity index (χ1v) is 4.97. The van der Waals surface area contributed by atoms with Crippen molar-refractivity contribution < 1.29 is 14.3 Å². The van der Waals surface area contributed by atoms with Gasteiger partial charge in [0.25, 0.3) is 0 Å². The molecule has 0 unspecified atom stereocenters. The van der Waals surface area contributed by atoms with Crippen LogP contribution in [0.25, 0.3) is 0 Å². The highest BCUT2D eigenvalue weighted by Crippen LogP contribution is 2.11. The van der Waals surface area contributed by atoms with Gasteiger partial charge in [-0.1, -0.05) is 0 Å². The molecule has 0 bridgehead atoms. The maximum absolute atomic E-state index is 11.7. The second-order valence-corrected chi connectivity index (χ2v) is 4.49. The van der Waals surface area contributed by atoms with E-state index in [4.69, 9.17) is 10.5 Å². The van der Waals surface area contributed by atoms with Gasteiger partial charge in [-0.3, -0.25) is 9.36 Å². The van der Waals surface area contributed by atoms with Crippen LogP contribution in [0.1, 0.15) is 26.5 Å². The van der Waals surface area contributed by atoms with Gasteiger partial charge in [0, 0.05) is 11.9 Å². The molecule has 0 aliphatic heterocycles. The second-order valence-electron chi connectivity index (χ2n) is 4.49. The molecule has 0 saturated heterocycles. The van der Waals surface area contributed by atoms with Gasteiger partial charge in [-0.25, -0.2) is 4.79 Å². The van der Waals surface area contributed by atoms with Gasteiger partial charge in [-0.15, -0.1) is 0 Å². The Labute approximate surface area is 94.2 Å². The Morgan fingerprint density at radius 1 is 1.44 bits per heavy atom. The zero-order valence-electron chi connectivity index (χ0n) is 9.69. The lowest BCUT2D eigenvalue weighted by atomic mass is 10.2. The first kappa shape index (κ1) is 12.3. The number of nitrogens with zero attached hydrogens (tertiary/aromatic N) is 1. The molecule has 0 spiro atoms. The molecule has 0 atom stereocenters. The Hall–Kier alpha value is -1.78. The minimum atomic E-state index is -0.564. The molecular weight excluding hydrogens is 208 g/mol. The third-order valence-electron chi connectivity index (χ3n) is 1.78. The molecule has 0 aliphatic carbocycles.